The first-order valence-electron chi connectivity index (χ1n) is 10.5. The second-order valence-electron chi connectivity index (χ2n) is 8.87. The van der Waals surface area contributed by atoms with E-state index in [1.165, 1.54) is 5.56 Å². The fourth-order valence-electron chi connectivity index (χ4n) is 5.66. The number of anilines is 1. The van der Waals surface area contributed by atoms with E-state index in [2.05, 4.69) is 26.9 Å². The van der Waals surface area contributed by atoms with Crippen LogP contribution in [0.25, 0.3) is 0 Å². The van der Waals surface area contributed by atoms with Crippen molar-refractivity contribution in [2.24, 2.45) is 11.3 Å². The zero-order valence-corrected chi connectivity index (χ0v) is 16.4. The van der Waals surface area contributed by atoms with Gasteiger partial charge in [0.25, 0.3) is 5.92 Å². The number of nitrogens with zero attached hydrogens (tertiary/aromatic N) is 3. The molecule has 3 heterocycles. The van der Waals surface area contributed by atoms with Crippen LogP contribution in [0.15, 0.2) is 54.9 Å². The summed E-state index contributed by atoms with van der Waals surface area (Å²) in [7, 11) is 0. The number of likely N-dealkylation sites (tertiary alicyclic amines) is 1. The number of aliphatic hydroxyl groups is 1. The molecule has 1 aromatic heterocycles. The van der Waals surface area contributed by atoms with Gasteiger partial charge in [0.1, 0.15) is 0 Å². The largest absolute Gasteiger partial charge is 0.391 e. The van der Waals surface area contributed by atoms with Crippen LogP contribution in [0.5, 0.6) is 0 Å². The normalized spacial score (nSPS) is 33.9. The molecule has 0 amide bonds. The third-order valence-electron chi connectivity index (χ3n) is 7.27. The fraction of sp³-hybridized carbons (Fsp3) is 0.522. The van der Waals surface area contributed by atoms with Crippen LogP contribution in [0.4, 0.5) is 14.5 Å². The van der Waals surface area contributed by atoms with Crippen molar-refractivity contribution < 1.29 is 13.9 Å². The highest BCUT2D eigenvalue weighted by molar-refractivity contribution is 5.50. The molecule has 3 aliphatic rings. The standard InChI is InChI=1S/C23H27F2N3O/c24-22(25)8-12-27(13-9-22)14-19-21(17-4-2-1-3-5-17)23(19)16-28(15-20(23)29)18-6-10-26-11-7-18/h1-7,10-11,19-21,29H,8-9,12-16H2/t19-,20-,21-,23-/m1/s1. The molecule has 3 fully saturated rings. The second kappa shape index (κ2) is 7.03. The van der Waals surface area contributed by atoms with Crippen molar-refractivity contribution >= 4 is 5.69 Å². The third-order valence-corrected chi connectivity index (χ3v) is 7.27. The van der Waals surface area contributed by atoms with Crippen LogP contribution >= 0.6 is 0 Å². The van der Waals surface area contributed by atoms with Gasteiger partial charge < -0.3 is 14.9 Å². The first-order valence-corrected chi connectivity index (χ1v) is 10.5. The molecular formula is C23H27F2N3O. The van der Waals surface area contributed by atoms with E-state index in [9.17, 15) is 13.9 Å². The Kier molecular flexibility index (Phi) is 4.59. The fourth-order valence-corrected chi connectivity index (χ4v) is 5.66. The molecule has 2 aliphatic heterocycles. The number of piperidine rings is 1. The van der Waals surface area contributed by atoms with Crippen LogP contribution in [0, 0.1) is 11.3 Å². The van der Waals surface area contributed by atoms with Crippen LogP contribution in [0.2, 0.25) is 0 Å². The maximum atomic E-state index is 13.6. The smallest absolute Gasteiger partial charge is 0.250 e. The summed E-state index contributed by atoms with van der Waals surface area (Å²) in [6.45, 7) is 3.03. The van der Waals surface area contributed by atoms with E-state index >= 15 is 0 Å². The highest BCUT2D eigenvalue weighted by Crippen LogP contribution is 2.69. The Morgan fingerprint density at radius 3 is 2.41 bits per heavy atom. The molecule has 1 N–H and O–H groups in total. The van der Waals surface area contributed by atoms with Gasteiger partial charge in [0.05, 0.1) is 6.10 Å². The zero-order valence-electron chi connectivity index (χ0n) is 16.4. The van der Waals surface area contributed by atoms with Gasteiger partial charge >= 0.3 is 0 Å². The SMILES string of the molecule is O[C@@H]1CN(c2ccncc2)C[C@@]12[C@H](CN1CCC(F)(F)CC1)[C@H]2c1ccccc1. The van der Waals surface area contributed by atoms with Gasteiger partial charge in [-0.3, -0.25) is 4.98 Å². The Hall–Kier alpha value is -2.05. The molecule has 4 atom stereocenters. The quantitative estimate of drug-likeness (QED) is 0.856. The number of β-amino-alcohol motifs (C(OH)–C–C–N with tert-alkyl or cyclic N) is 1. The number of pyridine rings is 1. The van der Waals surface area contributed by atoms with Crippen molar-refractivity contribution in [3.05, 3.63) is 60.4 Å². The number of halogens is 2. The van der Waals surface area contributed by atoms with E-state index in [0.717, 1.165) is 18.8 Å². The first kappa shape index (κ1) is 18.9. The van der Waals surface area contributed by atoms with Crippen molar-refractivity contribution in [1.82, 2.24) is 9.88 Å². The average molecular weight is 399 g/mol. The Bertz CT molecular complexity index is 840. The van der Waals surface area contributed by atoms with Gasteiger partial charge in [-0.15, -0.1) is 0 Å². The van der Waals surface area contributed by atoms with Gasteiger partial charge in [0.15, 0.2) is 0 Å². The predicted molar refractivity (Wildman–Crippen MR) is 108 cm³/mol. The molecular weight excluding hydrogens is 372 g/mol. The topological polar surface area (TPSA) is 39.6 Å². The summed E-state index contributed by atoms with van der Waals surface area (Å²) in [4.78, 5) is 8.52. The van der Waals surface area contributed by atoms with E-state index in [4.69, 9.17) is 0 Å². The lowest BCUT2D eigenvalue weighted by Crippen LogP contribution is -2.41. The summed E-state index contributed by atoms with van der Waals surface area (Å²) in [5.41, 5.74) is 2.10. The monoisotopic (exact) mass is 399 g/mol. The van der Waals surface area contributed by atoms with Gasteiger partial charge in [0.2, 0.25) is 0 Å². The van der Waals surface area contributed by atoms with E-state index < -0.39 is 12.0 Å². The Morgan fingerprint density at radius 2 is 1.72 bits per heavy atom. The molecule has 0 radical (unpaired) electrons. The number of aromatic nitrogens is 1. The van der Waals surface area contributed by atoms with Crippen LogP contribution in [-0.4, -0.2) is 59.7 Å². The Labute approximate surface area is 170 Å². The number of hydrogen-bond acceptors (Lipinski definition) is 4. The van der Waals surface area contributed by atoms with E-state index in [0.29, 0.717) is 19.6 Å². The maximum Gasteiger partial charge on any atom is 0.250 e. The van der Waals surface area contributed by atoms with Crippen molar-refractivity contribution in [3.8, 4) is 0 Å². The van der Waals surface area contributed by atoms with Gasteiger partial charge in [-0.2, -0.15) is 0 Å². The van der Waals surface area contributed by atoms with Crippen LogP contribution in [0.3, 0.4) is 0 Å². The van der Waals surface area contributed by atoms with E-state index in [-0.39, 0.29) is 30.1 Å². The summed E-state index contributed by atoms with van der Waals surface area (Å²) in [5.74, 6) is -1.99. The van der Waals surface area contributed by atoms with Crippen molar-refractivity contribution in [2.45, 2.75) is 30.8 Å². The van der Waals surface area contributed by atoms with Gasteiger partial charge in [-0.1, -0.05) is 30.3 Å². The summed E-state index contributed by atoms with van der Waals surface area (Å²) >= 11 is 0. The summed E-state index contributed by atoms with van der Waals surface area (Å²) < 4.78 is 27.2. The minimum atomic E-state index is -2.53. The number of aliphatic hydroxyl groups excluding tert-OH is 1. The van der Waals surface area contributed by atoms with Crippen LogP contribution < -0.4 is 4.90 Å². The van der Waals surface area contributed by atoms with Crippen LogP contribution in [0.1, 0.15) is 24.3 Å². The Morgan fingerprint density at radius 1 is 1.03 bits per heavy atom. The molecule has 2 saturated heterocycles. The lowest BCUT2D eigenvalue weighted by molar-refractivity contribution is -0.0566. The molecule has 29 heavy (non-hydrogen) atoms. The van der Waals surface area contributed by atoms with Gasteiger partial charge in [0, 0.05) is 69.1 Å². The van der Waals surface area contributed by atoms with Gasteiger partial charge in [-0.25, -0.2) is 8.78 Å². The van der Waals surface area contributed by atoms with Gasteiger partial charge in [-0.05, 0) is 29.5 Å². The molecule has 1 spiro atoms. The minimum absolute atomic E-state index is 0.0611. The summed E-state index contributed by atoms with van der Waals surface area (Å²) in [6.07, 6.45) is 3.00. The molecule has 5 rings (SSSR count). The minimum Gasteiger partial charge on any atom is -0.391 e. The lowest BCUT2D eigenvalue weighted by Gasteiger charge is -2.32. The molecule has 1 aromatic carbocycles. The number of rotatable bonds is 4. The molecule has 1 saturated carbocycles. The molecule has 6 heteroatoms. The molecule has 0 bridgehead atoms. The number of hydrogen-bond donors (Lipinski definition) is 1. The summed E-state index contributed by atoms with van der Waals surface area (Å²) in [5, 5.41) is 11.2. The number of benzene rings is 1. The number of alkyl halides is 2. The second-order valence-corrected chi connectivity index (χ2v) is 8.87. The zero-order chi connectivity index (χ0) is 20.1. The Balaban J connectivity index is 1.39. The van der Waals surface area contributed by atoms with E-state index in [1.54, 1.807) is 12.4 Å². The van der Waals surface area contributed by atoms with Crippen molar-refractivity contribution in [1.29, 1.82) is 0 Å². The maximum absolute atomic E-state index is 13.6. The third kappa shape index (κ3) is 3.32. The lowest BCUT2D eigenvalue weighted by atomic mass is 9.95. The van der Waals surface area contributed by atoms with E-state index in [1.807, 2.05) is 30.3 Å². The van der Waals surface area contributed by atoms with Crippen molar-refractivity contribution in [2.75, 3.05) is 37.6 Å². The highest BCUT2D eigenvalue weighted by atomic mass is 19.3. The molecule has 154 valence electrons. The molecule has 2 aromatic rings. The predicted octanol–water partition coefficient (Wildman–Crippen LogP) is 3.39. The highest BCUT2D eigenvalue weighted by Gasteiger charge is 2.71. The molecule has 1 aliphatic carbocycles. The first-order chi connectivity index (χ1) is 14.0. The van der Waals surface area contributed by atoms with Crippen LogP contribution in [-0.2, 0) is 0 Å². The molecule has 0 unspecified atom stereocenters. The molecule has 4 nitrogen and oxygen atoms in total. The van der Waals surface area contributed by atoms with Crippen molar-refractivity contribution in [3.63, 3.8) is 0 Å². The summed E-state index contributed by atoms with van der Waals surface area (Å²) in [6, 6.07) is 14.3. The average Bonchev–Trinajstić information content (AvgIpc) is 3.23.